The van der Waals surface area contributed by atoms with E-state index in [1.54, 1.807) is 43.5 Å². The minimum absolute atomic E-state index is 0.115. The highest BCUT2D eigenvalue weighted by Crippen LogP contribution is 2.22. The maximum Gasteiger partial charge on any atom is 0.329 e. The molecule has 1 fully saturated rings. The molecule has 0 unspecified atom stereocenters. The number of carbonyl (C=O) groups excluding carboxylic acids is 2. The van der Waals surface area contributed by atoms with E-state index in [4.69, 9.17) is 4.74 Å². The van der Waals surface area contributed by atoms with Crippen molar-refractivity contribution in [2.45, 2.75) is 13.5 Å². The van der Waals surface area contributed by atoms with Crippen molar-refractivity contribution in [1.29, 1.82) is 0 Å². The van der Waals surface area contributed by atoms with Crippen molar-refractivity contribution in [3.8, 4) is 5.75 Å². The van der Waals surface area contributed by atoms with E-state index in [1.807, 2.05) is 13.0 Å². The standard InChI is InChI=1S/C19H17FN2O3/c1-12-9-13(7-8-17(12)25-2)10-16-18(23)22(19(24)21-16)11-14-5-3-4-6-15(14)20/h3-10H,11H2,1-2H3,(H,21,24). The Morgan fingerprint density at radius 3 is 2.64 bits per heavy atom. The van der Waals surface area contributed by atoms with Crippen LogP contribution in [0.5, 0.6) is 5.75 Å². The van der Waals surface area contributed by atoms with Gasteiger partial charge in [0.15, 0.2) is 0 Å². The molecule has 1 heterocycles. The van der Waals surface area contributed by atoms with E-state index in [-0.39, 0.29) is 17.8 Å². The molecule has 0 bridgehead atoms. The molecular weight excluding hydrogens is 323 g/mol. The van der Waals surface area contributed by atoms with E-state index >= 15 is 0 Å². The second-order valence-corrected chi connectivity index (χ2v) is 5.70. The molecule has 1 saturated heterocycles. The molecule has 6 heteroatoms. The van der Waals surface area contributed by atoms with Crippen molar-refractivity contribution >= 4 is 18.0 Å². The highest BCUT2D eigenvalue weighted by Gasteiger charge is 2.33. The van der Waals surface area contributed by atoms with Gasteiger partial charge in [-0.25, -0.2) is 9.18 Å². The van der Waals surface area contributed by atoms with Crippen LogP contribution in [-0.2, 0) is 11.3 Å². The number of imide groups is 1. The summed E-state index contributed by atoms with van der Waals surface area (Å²) in [5, 5.41) is 2.53. The lowest BCUT2D eigenvalue weighted by Crippen LogP contribution is -2.30. The Morgan fingerprint density at radius 2 is 1.96 bits per heavy atom. The fourth-order valence-electron chi connectivity index (χ4n) is 2.67. The van der Waals surface area contributed by atoms with Gasteiger partial charge in [-0.1, -0.05) is 24.3 Å². The number of benzene rings is 2. The smallest absolute Gasteiger partial charge is 0.329 e. The monoisotopic (exact) mass is 340 g/mol. The largest absolute Gasteiger partial charge is 0.496 e. The van der Waals surface area contributed by atoms with Crippen molar-refractivity contribution < 1.29 is 18.7 Å². The Morgan fingerprint density at radius 1 is 1.20 bits per heavy atom. The molecule has 3 amide bonds. The van der Waals surface area contributed by atoms with Crippen LogP contribution < -0.4 is 10.1 Å². The van der Waals surface area contributed by atoms with Gasteiger partial charge in [-0.05, 0) is 42.3 Å². The van der Waals surface area contributed by atoms with Gasteiger partial charge in [0.25, 0.3) is 5.91 Å². The first-order chi connectivity index (χ1) is 12.0. The Hall–Kier alpha value is -3.15. The topological polar surface area (TPSA) is 58.6 Å². The van der Waals surface area contributed by atoms with E-state index in [0.717, 1.165) is 21.8 Å². The summed E-state index contributed by atoms with van der Waals surface area (Å²) in [6.45, 7) is 1.77. The summed E-state index contributed by atoms with van der Waals surface area (Å²) in [6, 6.07) is 10.9. The summed E-state index contributed by atoms with van der Waals surface area (Å²) < 4.78 is 19.0. The lowest BCUT2D eigenvalue weighted by molar-refractivity contribution is -0.123. The Labute approximate surface area is 144 Å². The number of rotatable bonds is 4. The van der Waals surface area contributed by atoms with E-state index in [2.05, 4.69) is 5.32 Å². The van der Waals surface area contributed by atoms with Crippen LogP contribution in [0.25, 0.3) is 6.08 Å². The SMILES string of the molecule is COc1ccc(C=C2NC(=O)N(Cc3ccccc3F)C2=O)cc1C. The zero-order valence-corrected chi connectivity index (χ0v) is 13.9. The normalized spacial score (nSPS) is 15.6. The van der Waals surface area contributed by atoms with Crippen molar-refractivity contribution in [2.24, 2.45) is 0 Å². The molecule has 0 atom stereocenters. The molecule has 1 N–H and O–H groups in total. The lowest BCUT2D eigenvalue weighted by Gasteiger charge is -2.12. The highest BCUT2D eigenvalue weighted by atomic mass is 19.1. The molecule has 0 saturated carbocycles. The van der Waals surface area contributed by atoms with Gasteiger partial charge in [0, 0.05) is 5.56 Å². The van der Waals surface area contributed by atoms with Gasteiger partial charge < -0.3 is 10.1 Å². The number of methoxy groups -OCH3 is 1. The third kappa shape index (κ3) is 3.38. The van der Waals surface area contributed by atoms with Gasteiger partial charge in [0.05, 0.1) is 13.7 Å². The van der Waals surface area contributed by atoms with Crippen LogP contribution in [0.15, 0.2) is 48.2 Å². The van der Waals surface area contributed by atoms with E-state index in [9.17, 15) is 14.0 Å². The number of carbonyl (C=O) groups is 2. The molecule has 128 valence electrons. The molecule has 1 aliphatic rings. The van der Waals surface area contributed by atoms with Crippen molar-refractivity contribution in [2.75, 3.05) is 7.11 Å². The first kappa shape index (κ1) is 16.7. The number of amides is 3. The molecular formula is C19H17FN2O3. The van der Waals surface area contributed by atoms with Gasteiger partial charge in [0.1, 0.15) is 17.3 Å². The summed E-state index contributed by atoms with van der Waals surface area (Å²) in [5.41, 5.74) is 2.12. The molecule has 0 aliphatic carbocycles. The maximum atomic E-state index is 13.8. The summed E-state index contributed by atoms with van der Waals surface area (Å²) in [6.07, 6.45) is 1.59. The van der Waals surface area contributed by atoms with Crippen LogP contribution in [0.3, 0.4) is 0 Å². The highest BCUT2D eigenvalue weighted by molar-refractivity contribution is 6.13. The number of nitrogens with one attached hydrogen (secondary N) is 1. The van der Waals surface area contributed by atoms with Crippen molar-refractivity contribution in [3.63, 3.8) is 0 Å². The first-order valence-corrected chi connectivity index (χ1v) is 7.72. The van der Waals surface area contributed by atoms with Crippen LogP contribution in [0.2, 0.25) is 0 Å². The van der Waals surface area contributed by atoms with Crippen molar-refractivity contribution in [1.82, 2.24) is 10.2 Å². The van der Waals surface area contributed by atoms with Gasteiger partial charge >= 0.3 is 6.03 Å². The third-order valence-electron chi connectivity index (χ3n) is 3.98. The molecule has 1 aliphatic heterocycles. The fraction of sp³-hybridized carbons (Fsp3) is 0.158. The van der Waals surface area contributed by atoms with Crippen molar-refractivity contribution in [3.05, 3.63) is 70.7 Å². The van der Waals surface area contributed by atoms with Crippen LogP contribution >= 0.6 is 0 Å². The molecule has 0 spiro atoms. The van der Waals surface area contributed by atoms with Crippen LogP contribution in [-0.4, -0.2) is 23.9 Å². The van der Waals surface area contributed by atoms with Crippen LogP contribution in [0.4, 0.5) is 9.18 Å². The Kier molecular flexibility index (Phi) is 4.52. The van der Waals surface area contributed by atoms with Crippen LogP contribution in [0.1, 0.15) is 16.7 Å². The molecule has 0 radical (unpaired) electrons. The average molecular weight is 340 g/mol. The Bertz CT molecular complexity index is 877. The average Bonchev–Trinajstić information content (AvgIpc) is 2.84. The molecule has 5 nitrogen and oxygen atoms in total. The number of ether oxygens (including phenoxy) is 1. The number of urea groups is 1. The quantitative estimate of drug-likeness (QED) is 0.687. The molecule has 25 heavy (non-hydrogen) atoms. The van der Waals surface area contributed by atoms with Gasteiger partial charge in [-0.2, -0.15) is 0 Å². The van der Waals surface area contributed by atoms with E-state index in [1.165, 1.54) is 6.07 Å². The molecule has 2 aromatic rings. The second kappa shape index (κ2) is 6.76. The molecule has 0 aromatic heterocycles. The van der Waals surface area contributed by atoms with Gasteiger partial charge in [-0.3, -0.25) is 9.69 Å². The van der Waals surface area contributed by atoms with Crippen LogP contribution in [0, 0.1) is 12.7 Å². The zero-order valence-electron chi connectivity index (χ0n) is 13.9. The number of halogens is 1. The predicted molar refractivity (Wildman–Crippen MR) is 91.2 cm³/mol. The number of nitrogens with zero attached hydrogens (tertiary/aromatic N) is 1. The fourth-order valence-corrected chi connectivity index (χ4v) is 2.67. The maximum absolute atomic E-state index is 13.8. The number of hydrogen-bond acceptors (Lipinski definition) is 3. The summed E-state index contributed by atoms with van der Waals surface area (Å²) in [4.78, 5) is 25.5. The Balaban J connectivity index is 1.83. The first-order valence-electron chi connectivity index (χ1n) is 7.72. The minimum atomic E-state index is -0.565. The number of aryl methyl sites for hydroxylation is 1. The minimum Gasteiger partial charge on any atom is -0.496 e. The predicted octanol–water partition coefficient (Wildman–Crippen LogP) is 3.24. The zero-order chi connectivity index (χ0) is 18.0. The summed E-state index contributed by atoms with van der Waals surface area (Å²) >= 11 is 0. The molecule has 3 rings (SSSR count). The van der Waals surface area contributed by atoms with E-state index in [0.29, 0.717) is 0 Å². The summed E-state index contributed by atoms with van der Waals surface area (Å²) in [5.74, 6) is -0.196. The summed E-state index contributed by atoms with van der Waals surface area (Å²) in [7, 11) is 1.59. The van der Waals surface area contributed by atoms with Gasteiger partial charge in [0.2, 0.25) is 0 Å². The second-order valence-electron chi connectivity index (χ2n) is 5.70. The molecule has 2 aromatic carbocycles. The third-order valence-corrected chi connectivity index (χ3v) is 3.98. The van der Waals surface area contributed by atoms with Gasteiger partial charge in [-0.15, -0.1) is 0 Å². The lowest BCUT2D eigenvalue weighted by atomic mass is 10.1. The van der Waals surface area contributed by atoms with E-state index < -0.39 is 17.8 Å². The number of hydrogen-bond donors (Lipinski definition) is 1.